The van der Waals surface area contributed by atoms with Crippen LogP contribution in [0.25, 0.3) is 0 Å². The van der Waals surface area contributed by atoms with E-state index in [1.54, 1.807) is 0 Å². The van der Waals surface area contributed by atoms with Crippen molar-refractivity contribution < 1.29 is 47.6 Å². The molecule has 0 heterocycles. The Kier molecular flexibility index (Phi) is 81.8. The molecule has 0 amide bonds. The predicted octanol–water partition coefficient (Wildman–Crippen LogP) is -1.82. The monoisotopic (exact) mass is 555 g/mol. The van der Waals surface area contributed by atoms with E-state index in [0.29, 0.717) is 0 Å². The normalized spacial score (nSPS) is 5.54. The Balaban J connectivity index is -0.0000000245. The van der Waals surface area contributed by atoms with Crippen LogP contribution in [0.2, 0.25) is 0 Å². The first-order chi connectivity index (χ1) is 10.4. The molecule has 0 aromatic carbocycles. The van der Waals surface area contributed by atoms with E-state index < -0.39 is 30.5 Å². The molecule has 0 spiro atoms. The maximum Gasteiger partial charge on any atom is 4.00 e. The molecular formula is CuN6O18Sn. The van der Waals surface area contributed by atoms with Crippen LogP contribution >= 0.6 is 0 Å². The van der Waals surface area contributed by atoms with E-state index in [1.807, 2.05) is 0 Å². The summed E-state index contributed by atoms with van der Waals surface area (Å²) >= 11 is 0. The van der Waals surface area contributed by atoms with Gasteiger partial charge in [0.1, 0.15) is 0 Å². The van der Waals surface area contributed by atoms with E-state index >= 15 is 0 Å². The van der Waals surface area contributed by atoms with Gasteiger partial charge >= 0.3 is 41.0 Å². The molecule has 0 aromatic heterocycles. The second-order valence-corrected chi connectivity index (χ2v) is 1.34. The Labute approximate surface area is 163 Å². The van der Waals surface area contributed by atoms with Gasteiger partial charge in [-0.1, -0.05) is 0 Å². The molecule has 0 aromatic rings. The van der Waals surface area contributed by atoms with Gasteiger partial charge in [-0.3, -0.25) is 0 Å². The molecule has 1 radical (unpaired) electrons. The standard InChI is InChI=1S/Cu.6NO3.Sn/c;6*2-1(3)4;/q+2;6*-1;+4. The second-order valence-electron chi connectivity index (χ2n) is 1.34. The third kappa shape index (κ3) is 645. The zero-order chi connectivity index (χ0) is 21.5. The van der Waals surface area contributed by atoms with Gasteiger partial charge in [0.05, 0.1) is 30.5 Å². The number of hydrogen-bond donors (Lipinski definition) is 0. The molecule has 153 valence electrons. The maximum absolute atomic E-state index is 8.25. The fraction of sp³-hybridized carbons (Fsp3) is 0. The van der Waals surface area contributed by atoms with Crippen LogP contribution in [0.1, 0.15) is 0 Å². The maximum atomic E-state index is 8.25. The van der Waals surface area contributed by atoms with Crippen LogP contribution in [0.4, 0.5) is 0 Å². The van der Waals surface area contributed by atoms with Gasteiger partial charge < -0.3 is 91.9 Å². The second kappa shape index (κ2) is 43.0. The van der Waals surface area contributed by atoms with Crippen molar-refractivity contribution in [1.29, 1.82) is 0 Å². The summed E-state index contributed by atoms with van der Waals surface area (Å²) < 4.78 is 0. The molecule has 24 nitrogen and oxygen atoms in total. The van der Waals surface area contributed by atoms with Gasteiger partial charge in [-0.2, -0.15) is 0 Å². The Morgan fingerprint density at radius 3 is 0.308 bits per heavy atom. The Morgan fingerprint density at radius 2 is 0.308 bits per heavy atom. The summed E-state index contributed by atoms with van der Waals surface area (Å²) in [5.41, 5.74) is 0. The van der Waals surface area contributed by atoms with Gasteiger partial charge in [0, 0.05) is 0 Å². The first kappa shape index (κ1) is 49.5. The van der Waals surface area contributed by atoms with Crippen LogP contribution in [-0.4, -0.2) is 54.4 Å². The molecule has 0 N–H and O–H groups in total. The molecule has 0 atom stereocenters. The average Bonchev–Trinajstić information content (AvgIpc) is 2.08. The fourth-order valence-corrected chi connectivity index (χ4v) is 0. The smallest absolute Gasteiger partial charge is 0.356 e. The topological polar surface area (TPSA) is 397 Å². The van der Waals surface area contributed by atoms with Crippen LogP contribution in [0.5, 0.6) is 0 Å². The fourth-order valence-electron chi connectivity index (χ4n) is 0. The van der Waals surface area contributed by atoms with Crippen LogP contribution in [-0.2, 0) is 17.1 Å². The van der Waals surface area contributed by atoms with Crippen molar-refractivity contribution in [2.45, 2.75) is 0 Å². The third-order valence-electron chi connectivity index (χ3n) is 0. The summed E-state index contributed by atoms with van der Waals surface area (Å²) in [6, 6.07) is 0. The van der Waals surface area contributed by atoms with Crippen LogP contribution < -0.4 is 0 Å². The Morgan fingerprint density at radius 1 is 0.308 bits per heavy atom. The van der Waals surface area contributed by atoms with E-state index in [2.05, 4.69) is 0 Å². The van der Waals surface area contributed by atoms with E-state index in [4.69, 9.17) is 91.9 Å². The summed E-state index contributed by atoms with van der Waals surface area (Å²) in [6.07, 6.45) is 0. The SMILES string of the molecule is O=[N+]([O-])[O-].O=[N+]([O-])[O-].O=[N+]([O-])[O-].O=[N+]([O-])[O-].O=[N+]([O-])[O-].O=[N+]([O-])[O-].[Cu+2].[Sn+4]. The van der Waals surface area contributed by atoms with Crippen molar-refractivity contribution in [3.05, 3.63) is 91.9 Å². The molecule has 0 aliphatic carbocycles. The van der Waals surface area contributed by atoms with Crippen LogP contribution in [0, 0.1) is 91.9 Å². The molecule has 26 heavy (non-hydrogen) atoms. The average molecular weight is 554 g/mol. The summed E-state index contributed by atoms with van der Waals surface area (Å²) in [5, 5.41) is 88.5. The Hall–Kier alpha value is -3.48. The van der Waals surface area contributed by atoms with Crippen molar-refractivity contribution in [2.24, 2.45) is 0 Å². The van der Waals surface area contributed by atoms with Gasteiger partial charge in [0.2, 0.25) is 0 Å². The van der Waals surface area contributed by atoms with E-state index in [0.717, 1.165) is 0 Å². The third-order valence-corrected chi connectivity index (χ3v) is 0. The van der Waals surface area contributed by atoms with E-state index in [9.17, 15) is 0 Å². The van der Waals surface area contributed by atoms with Crippen molar-refractivity contribution in [3.8, 4) is 0 Å². The predicted molar refractivity (Wildman–Crippen MR) is 67.9 cm³/mol. The van der Waals surface area contributed by atoms with Gasteiger partial charge in [-0.25, -0.2) is 0 Å². The summed E-state index contributed by atoms with van der Waals surface area (Å²) in [7, 11) is 0. The van der Waals surface area contributed by atoms with Gasteiger partial charge in [-0.15, -0.1) is 0 Å². The van der Waals surface area contributed by atoms with Crippen molar-refractivity contribution in [2.75, 3.05) is 0 Å². The summed E-state index contributed by atoms with van der Waals surface area (Å²) in [6.45, 7) is 0. The first-order valence-corrected chi connectivity index (χ1v) is 3.29. The molecule has 0 fully saturated rings. The van der Waals surface area contributed by atoms with Gasteiger partial charge in [-0.05, 0) is 0 Å². The molecule has 0 saturated heterocycles. The number of nitrogens with zero attached hydrogens (tertiary/aromatic N) is 6. The summed E-state index contributed by atoms with van der Waals surface area (Å²) in [5.74, 6) is 0. The van der Waals surface area contributed by atoms with Gasteiger partial charge in [0.15, 0.2) is 0 Å². The quantitative estimate of drug-likeness (QED) is 0.180. The minimum absolute atomic E-state index is 0. The van der Waals surface area contributed by atoms with Crippen LogP contribution in [0.3, 0.4) is 0 Å². The summed E-state index contributed by atoms with van der Waals surface area (Å²) in [4.78, 5) is 49.5. The van der Waals surface area contributed by atoms with Crippen molar-refractivity contribution in [1.82, 2.24) is 0 Å². The van der Waals surface area contributed by atoms with Crippen LogP contribution in [0.15, 0.2) is 0 Å². The van der Waals surface area contributed by atoms with E-state index in [-0.39, 0.29) is 41.0 Å². The van der Waals surface area contributed by atoms with Crippen molar-refractivity contribution in [3.63, 3.8) is 0 Å². The minimum Gasteiger partial charge on any atom is -0.356 e. The molecular weight excluding hydrogens is 554 g/mol. The minimum atomic E-state index is -1.75. The zero-order valence-corrected chi connectivity index (χ0v) is 14.6. The van der Waals surface area contributed by atoms with Crippen molar-refractivity contribution >= 4 is 23.9 Å². The van der Waals surface area contributed by atoms with E-state index in [1.165, 1.54) is 0 Å². The molecule has 0 unspecified atom stereocenters. The molecule has 0 aliphatic rings. The molecule has 0 rings (SSSR count). The molecule has 0 bridgehead atoms. The Bertz CT molecular complexity index is 263. The van der Waals surface area contributed by atoms with Gasteiger partial charge in [0.25, 0.3) is 0 Å². The number of hydrogen-bond acceptors (Lipinski definition) is 18. The molecule has 0 saturated carbocycles. The molecule has 0 aliphatic heterocycles. The first-order valence-electron chi connectivity index (χ1n) is 3.29. The number of rotatable bonds is 0. The largest absolute Gasteiger partial charge is 4.00 e. The zero-order valence-electron chi connectivity index (χ0n) is 10.8. The molecule has 26 heteroatoms.